The van der Waals surface area contributed by atoms with Crippen molar-refractivity contribution < 1.29 is 9.84 Å². The highest BCUT2D eigenvalue weighted by Gasteiger charge is 2.19. The maximum absolute atomic E-state index is 9.76. The van der Waals surface area contributed by atoms with Crippen LogP contribution in [0.3, 0.4) is 0 Å². The number of benzene rings is 2. The molecule has 0 spiro atoms. The predicted molar refractivity (Wildman–Crippen MR) is 117 cm³/mol. The summed E-state index contributed by atoms with van der Waals surface area (Å²) in [5.74, 6) is 1.23. The number of anilines is 1. The van der Waals surface area contributed by atoms with Crippen molar-refractivity contribution in [1.82, 2.24) is 9.38 Å². The molecule has 2 aromatic heterocycles. The van der Waals surface area contributed by atoms with E-state index in [4.69, 9.17) is 4.74 Å². The third-order valence-electron chi connectivity index (χ3n) is 5.17. The number of phenols is 1. The largest absolute Gasteiger partial charge is 0.504 e. The van der Waals surface area contributed by atoms with Gasteiger partial charge in [0.05, 0.1) is 29.9 Å². The summed E-state index contributed by atoms with van der Waals surface area (Å²) >= 11 is 0. The molecule has 0 atom stereocenters. The minimum Gasteiger partial charge on any atom is -0.504 e. The Balaban J connectivity index is 1.86. The van der Waals surface area contributed by atoms with Crippen LogP contribution >= 0.6 is 0 Å². The molecule has 0 aliphatic rings. The van der Waals surface area contributed by atoms with Gasteiger partial charge >= 0.3 is 0 Å². The van der Waals surface area contributed by atoms with Gasteiger partial charge in [-0.3, -0.25) is 9.83 Å². The standard InChI is InChI=1S/C23H21N5O2/c1-4-16-14(2)17(12-24)22-26-18-7-5-6-8-19(18)28(22)23(16)27-25-13-15-9-10-20(29)21(11-15)30-3/h5-11,13,27,29H,4H2,1-3H3/b25-13-. The molecule has 2 heterocycles. The number of nitriles is 1. The summed E-state index contributed by atoms with van der Waals surface area (Å²) in [5, 5.41) is 23.9. The molecule has 0 amide bonds. The molecule has 150 valence electrons. The first-order chi connectivity index (χ1) is 14.6. The lowest BCUT2D eigenvalue weighted by Crippen LogP contribution is -2.07. The molecular weight excluding hydrogens is 378 g/mol. The zero-order chi connectivity index (χ0) is 21.3. The van der Waals surface area contributed by atoms with E-state index in [2.05, 4.69) is 21.6 Å². The molecule has 7 heteroatoms. The molecule has 2 N–H and O–H groups in total. The Bertz CT molecular complexity index is 1330. The first-order valence-corrected chi connectivity index (χ1v) is 9.57. The van der Waals surface area contributed by atoms with Gasteiger partial charge in [-0.25, -0.2) is 4.98 Å². The summed E-state index contributed by atoms with van der Waals surface area (Å²) in [6, 6.07) is 15.1. The molecule has 7 nitrogen and oxygen atoms in total. The van der Waals surface area contributed by atoms with E-state index in [1.807, 2.05) is 42.5 Å². The second-order valence-corrected chi connectivity index (χ2v) is 6.85. The Kier molecular flexibility index (Phi) is 4.98. The van der Waals surface area contributed by atoms with Crippen LogP contribution in [0.4, 0.5) is 5.82 Å². The number of methoxy groups -OCH3 is 1. The summed E-state index contributed by atoms with van der Waals surface area (Å²) in [7, 11) is 1.50. The topological polar surface area (TPSA) is 94.9 Å². The van der Waals surface area contributed by atoms with Crippen molar-refractivity contribution in [1.29, 1.82) is 5.26 Å². The first kappa shape index (κ1) is 19.3. The fraction of sp³-hybridized carbons (Fsp3) is 0.174. The molecule has 0 unspecified atom stereocenters. The van der Waals surface area contributed by atoms with Gasteiger partial charge in [0.15, 0.2) is 17.1 Å². The van der Waals surface area contributed by atoms with Crippen LogP contribution in [0.5, 0.6) is 11.5 Å². The average Bonchev–Trinajstić information content (AvgIpc) is 3.14. The van der Waals surface area contributed by atoms with Crippen molar-refractivity contribution in [3.63, 3.8) is 0 Å². The molecule has 0 saturated heterocycles. The number of nitrogens with zero attached hydrogens (tertiary/aromatic N) is 4. The van der Waals surface area contributed by atoms with Crippen LogP contribution in [-0.4, -0.2) is 27.8 Å². The monoisotopic (exact) mass is 399 g/mol. The predicted octanol–water partition coefficient (Wildman–Crippen LogP) is 4.39. The number of imidazole rings is 1. The van der Waals surface area contributed by atoms with E-state index in [1.54, 1.807) is 24.4 Å². The fourth-order valence-corrected chi connectivity index (χ4v) is 3.68. The van der Waals surface area contributed by atoms with E-state index in [1.165, 1.54) is 7.11 Å². The Labute approximate surface area is 173 Å². The van der Waals surface area contributed by atoms with Crippen LogP contribution in [0.25, 0.3) is 16.7 Å². The lowest BCUT2D eigenvalue weighted by molar-refractivity contribution is 0.373. The molecular formula is C23H21N5O2. The van der Waals surface area contributed by atoms with Gasteiger partial charge in [-0.15, -0.1) is 0 Å². The number of nitrogens with one attached hydrogen (secondary N) is 1. The minimum atomic E-state index is 0.0742. The molecule has 30 heavy (non-hydrogen) atoms. The lowest BCUT2D eigenvalue weighted by atomic mass is 10.0. The van der Waals surface area contributed by atoms with E-state index < -0.39 is 0 Å². The van der Waals surface area contributed by atoms with Crippen molar-refractivity contribution in [3.8, 4) is 17.6 Å². The zero-order valence-electron chi connectivity index (χ0n) is 17.0. The quantitative estimate of drug-likeness (QED) is 0.383. The second kappa shape index (κ2) is 7.76. The van der Waals surface area contributed by atoms with E-state index in [9.17, 15) is 10.4 Å². The van der Waals surface area contributed by atoms with Crippen molar-refractivity contribution in [2.75, 3.05) is 12.5 Å². The highest BCUT2D eigenvalue weighted by molar-refractivity contribution is 5.87. The molecule has 0 radical (unpaired) electrons. The van der Waals surface area contributed by atoms with Crippen molar-refractivity contribution >= 4 is 28.7 Å². The number of para-hydroxylation sites is 2. The summed E-state index contributed by atoms with van der Waals surface area (Å²) in [4.78, 5) is 4.69. The minimum absolute atomic E-state index is 0.0742. The number of hydrogen-bond acceptors (Lipinski definition) is 6. The number of phenolic OH excluding ortho intramolecular Hbond substituents is 1. The van der Waals surface area contributed by atoms with Gasteiger partial charge in [0.2, 0.25) is 0 Å². The van der Waals surface area contributed by atoms with Crippen molar-refractivity contribution in [3.05, 3.63) is 64.7 Å². The normalized spacial score (nSPS) is 11.3. The average molecular weight is 399 g/mol. The fourth-order valence-electron chi connectivity index (χ4n) is 3.68. The maximum atomic E-state index is 9.76. The first-order valence-electron chi connectivity index (χ1n) is 9.57. The van der Waals surface area contributed by atoms with Crippen LogP contribution in [0.1, 0.15) is 29.2 Å². The number of pyridine rings is 1. The van der Waals surface area contributed by atoms with Gasteiger partial charge in [-0.1, -0.05) is 19.1 Å². The highest BCUT2D eigenvalue weighted by Crippen LogP contribution is 2.31. The van der Waals surface area contributed by atoms with E-state index >= 15 is 0 Å². The summed E-state index contributed by atoms with van der Waals surface area (Å²) in [6.45, 7) is 3.99. The third kappa shape index (κ3) is 3.08. The lowest BCUT2D eigenvalue weighted by Gasteiger charge is -2.15. The van der Waals surface area contributed by atoms with Gasteiger partial charge in [0.1, 0.15) is 11.9 Å². The Morgan fingerprint density at radius 1 is 1.30 bits per heavy atom. The number of aromatic hydroxyl groups is 1. The summed E-state index contributed by atoms with van der Waals surface area (Å²) in [6.07, 6.45) is 2.38. The van der Waals surface area contributed by atoms with Gasteiger partial charge in [0.25, 0.3) is 0 Å². The van der Waals surface area contributed by atoms with E-state index in [0.29, 0.717) is 17.0 Å². The third-order valence-corrected chi connectivity index (χ3v) is 5.17. The van der Waals surface area contributed by atoms with Crippen LogP contribution in [0, 0.1) is 18.3 Å². The Morgan fingerprint density at radius 3 is 2.83 bits per heavy atom. The van der Waals surface area contributed by atoms with Crippen LogP contribution in [-0.2, 0) is 6.42 Å². The van der Waals surface area contributed by atoms with Crippen LogP contribution in [0.2, 0.25) is 0 Å². The SMILES string of the molecule is CCc1c(C)c(C#N)c2nc3ccccc3n2c1N/N=C\c1ccc(O)c(OC)c1. The Hall–Kier alpha value is -4.05. The smallest absolute Gasteiger partial charge is 0.161 e. The van der Waals surface area contributed by atoms with Crippen molar-refractivity contribution in [2.24, 2.45) is 5.10 Å². The van der Waals surface area contributed by atoms with E-state index in [0.717, 1.165) is 40.0 Å². The van der Waals surface area contributed by atoms with E-state index in [-0.39, 0.29) is 5.75 Å². The van der Waals surface area contributed by atoms with Crippen molar-refractivity contribution in [2.45, 2.75) is 20.3 Å². The molecule has 2 aromatic carbocycles. The number of fused-ring (bicyclic) bond motifs is 3. The number of aromatic nitrogens is 2. The molecule has 0 bridgehead atoms. The number of hydrogen-bond donors (Lipinski definition) is 2. The number of ether oxygens (including phenoxy) is 1. The second-order valence-electron chi connectivity index (χ2n) is 6.85. The summed E-state index contributed by atoms with van der Waals surface area (Å²) in [5.41, 5.74) is 8.73. The maximum Gasteiger partial charge on any atom is 0.161 e. The number of hydrazone groups is 1. The summed E-state index contributed by atoms with van der Waals surface area (Å²) < 4.78 is 7.10. The highest BCUT2D eigenvalue weighted by atomic mass is 16.5. The van der Waals surface area contributed by atoms with Gasteiger partial charge in [-0.2, -0.15) is 10.4 Å². The van der Waals surface area contributed by atoms with Gasteiger partial charge in [0, 0.05) is 0 Å². The molecule has 0 fully saturated rings. The van der Waals surface area contributed by atoms with Gasteiger partial charge in [-0.05, 0) is 60.4 Å². The molecule has 0 aliphatic heterocycles. The molecule has 4 aromatic rings. The molecule has 4 rings (SSSR count). The zero-order valence-corrected chi connectivity index (χ0v) is 17.0. The Morgan fingerprint density at radius 2 is 2.10 bits per heavy atom. The number of rotatable bonds is 5. The van der Waals surface area contributed by atoms with Crippen LogP contribution in [0.15, 0.2) is 47.6 Å². The van der Waals surface area contributed by atoms with Gasteiger partial charge < -0.3 is 9.84 Å². The molecule has 0 aliphatic carbocycles. The van der Waals surface area contributed by atoms with Crippen LogP contribution < -0.4 is 10.2 Å². The molecule has 0 saturated carbocycles.